The van der Waals surface area contributed by atoms with Crippen LogP contribution in [0.15, 0.2) is 59.9 Å². The summed E-state index contributed by atoms with van der Waals surface area (Å²) >= 11 is 0.956. The summed E-state index contributed by atoms with van der Waals surface area (Å²) in [7, 11) is 0. The quantitative estimate of drug-likeness (QED) is 0.544. The second-order valence-electron chi connectivity index (χ2n) is 7.31. The number of hydrogen-bond donors (Lipinski definition) is 1. The SMILES string of the molecule is CC(=O)Nc1ccc(N2C(=O)CC(Sc3nncc(-c4ccc(C(F)(F)F)cc4)n3)C2=O)cc1. The van der Waals surface area contributed by atoms with E-state index in [4.69, 9.17) is 0 Å². The molecule has 12 heteroatoms. The number of hydrogen-bond acceptors (Lipinski definition) is 7. The van der Waals surface area contributed by atoms with Crippen LogP contribution in [-0.4, -0.2) is 38.2 Å². The third-order valence-corrected chi connectivity index (χ3v) is 5.88. The molecular weight excluding hydrogens is 471 g/mol. The minimum atomic E-state index is -4.45. The van der Waals surface area contributed by atoms with Crippen LogP contribution in [0.4, 0.5) is 24.5 Å². The number of carbonyl (C=O) groups excluding carboxylic acids is 3. The molecule has 2 heterocycles. The van der Waals surface area contributed by atoms with Gasteiger partial charge < -0.3 is 5.32 Å². The molecule has 1 aromatic heterocycles. The van der Waals surface area contributed by atoms with Crippen LogP contribution in [-0.2, 0) is 20.6 Å². The average molecular weight is 487 g/mol. The molecule has 1 N–H and O–H groups in total. The molecule has 1 fully saturated rings. The van der Waals surface area contributed by atoms with Gasteiger partial charge in [-0.2, -0.15) is 18.3 Å². The highest BCUT2D eigenvalue weighted by Gasteiger charge is 2.40. The molecule has 1 unspecified atom stereocenters. The fourth-order valence-corrected chi connectivity index (χ4v) is 4.23. The number of thioether (sulfide) groups is 1. The fourth-order valence-electron chi connectivity index (χ4n) is 3.30. The lowest BCUT2D eigenvalue weighted by atomic mass is 10.1. The predicted molar refractivity (Wildman–Crippen MR) is 118 cm³/mol. The van der Waals surface area contributed by atoms with E-state index in [1.54, 1.807) is 24.3 Å². The van der Waals surface area contributed by atoms with Gasteiger partial charge >= 0.3 is 6.18 Å². The van der Waals surface area contributed by atoms with E-state index >= 15 is 0 Å². The Morgan fingerprint density at radius 1 is 1.09 bits per heavy atom. The molecule has 3 aromatic rings. The third kappa shape index (κ3) is 5.06. The Kier molecular flexibility index (Phi) is 6.33. The first kappa shape index (κ1) is 23.4. The van der Waals surface area contributed by atoms with E-state index in [1.165, 1.54) is 25.3 Å². The lowest BCUT2D eigenvalue weighted by Crippen LogP contribution is -2.31. The molecule has 34 heavy (non-hydrogen) atoms. The number of amides is 3. The van der Waals surface area contributed by atoms with Gasteiger partial charge in [-0.3, -0.25) is 14.4 Å². The summed E-state index contributed by atoms with van der Waals surface area (Å²) in [4.78, 5) is 41.9. The maximum atomic E-state index is 12.9. The van der Waals surface area contributed by atoms with Crippen LogP contribution >= 0.6 is 11.8 Å². The molecule has 0 radical (unpaired) electrons. The number of nitrogens with zero attached hydrogens (tertiary/aromatic N) is 4. The van der Waals surface area contributed by atoms with Gasteiger partial charge in [0.1, 0.15) is 5.25 Å². The largest absolute Gasteiger partial charge is 0.416 e. The molecule has 0 aliphatic carbocycles. The van der Waals surface area contributed by atoms with Gasteiger partial charge in [0.05, 0.1) is 23.1 Å². The van der Waals surface area contributed by atoms with Gasteiger partial charge in [0.25, 0.3) is 0 Å². The van der Waals surface area contributed by atoms with Crippen LogP contribution in [0.3, 0.4) is 0 Å². The van der Waals surface area contributed by atoms with E-state index in [0.29, 0.717) is 16.9 Å². The molecule has 1 aliphatic heterocycles. The minimum Gasteiger partial charge on any atom is -0.326 e. The number of carbonyl (C=O) groups is 3. The van der Waals surface area contributed by atoms with Gasteiger partial charge in [0.2, 0.25) is 22.9 Å². The lowest BCUT2D eigenvalue weighted by molar-refractivity contribution is -0.137. The summed E-state index contributed by atoms with van der Waals surface area (Å²) < 4.78 is 38.4. The van der Waals surface area contributed by atoms with E-state index in [0.717, 1.165) is 28.8 Å². The Morgan fingerprint density at radius 2 is 1.76 bits per heavy atom. The molecule has 1 atom stereocenters. The lowest BCUT2D eigenvalue weighted by Gasteiger charge is -2.15. The van der Waals surface area contributed by atoms with Crippen molar-refractivity contribution < 1.29 is 27.6 Å². The van der Waals surface area contributed by atoms with Crippen molar-refractivity contribution in [2.24, 2.45) is 0 Å². The Labute approximate surface area is 195 Å². The van der Waals surface area contributed by atoms with E-state index in [9.17, 15) is 27.6 Å². The monoisotopic (exact) mass is 487 g/mol. The molecule has 0 spiro atoms. The third-order valence-electron chi connectivity index (χ3n) is 4.85. The van der Waals surface area contributed by atoms with Gasteiger partial charge in [-0.1, -0.05) is 23.9 Å². The van der Waals surface area contributed by atoms with E-state index < -0.39 is 28.8 Å². The number of imide groups is 1. The van der Waals surface area contributed by atoms with Crippen LogP contribution in [0, 0.1) is 0 Å². The number of rotatable bonds is 5. The van der Waals surface area contributed by atoms with Crippen molar-refractivity contribution in [2.45, 2.75) is 29.9 Å². The zero-order chi connectivity index (χ0) is 24.5. The number of alkyl halides is 3. The molecule has 4 rings (SSSR count). The van der Waals surface area contributed by atoms with Crippen LogP contribution in [0.25, 0.3) is 11.3 Å². The van der Waals surface area contributed by atoms with Crippen molar-refractivity contribution in [3.63, 3.8) is 0 Å². The Morgan fingerprint density at radius 3 is 2.38 bits per heavy atom. The average Bonchev–Trinajstić information content (AvgIpc) is 3.06. The number of benzene rings is 2. The predicted octanol–water partition coefficient (Wildman–Crippen LogP) is 3.94. The molecule has 1 aliphatic rings. The van der Waals surface area contributed by atoms with Gasteiger partial charge in [-0.05, 0) is 36.4 Å². The maximum absolute atomic E-state index is 12.9. The minimum absolute atomic E-state index is 0.0786. The second-order valence-corrected chi connectivity index (χ2v) is 8.48. The van der Waals surface area contributed by atoms with Crippen molar-refractivity contribution in [1.29, 1.82) is 0 Å². The van der Waals surface area contributed by atoms with Crippen molar-refractivity contribution in [3.8, 4) is 11.3 Å². The van der Waals surface area contributed by atoms with Crippen molar-refractivity contribution in [1.82, 2.24) is 15.2 Å². The molecule has 3 amide bonds. The fraction of sp³-hybridized carbons (Fsp3) is 0.182. The van der Waals surface area contributed by atoms with Crippen molar-refractivity contribution >= 4 is 40.9 Å². The summed E-state index contributed by atoms with van der Waals surface area (Å²) in [6, 6.07) is 10.7. The first-order chi connectivity index (χ1) is 16.1. The van der Waals surface area contributed by atoms with Crippen LogP contribution in [0.5, 0.6) is 0 Å². The number of halogens is 3. The first-order valence-electron chi connectivity index (χ1n) is 9.90. The number of anilines is 2. The molecular formula is C22H16F3N5O3S. The van der Waals surface area contributed by atoms with Crippen LogP contribution < -0.4 is 10.2 Å². The summed E-state index contributed by atoms with van der Waals surface area (Å²) in [5.74, 6) is -1.10. The second kappa shape index (κ2) is 9.21. The number of nitrogens with one attached hydrogen (secondary N) is 1. The zero-order valence-corrected chi connectivity index (χ0v) is 18.4. The summed E-state index contributed by atoms with van der Waals surface area (Å²) in [5, 5.41) is 9.65. The standard InChI is InChI=1S/C22H16F3N5O3S/c1-12(31)27-15-6-8-16(9-7-15)30-19(32)10-18(20(30)33)34-21-28-17(11-26-29-21)13-2-4-14(5-3-13)22(23,24)25/h2-9,11,18H,10H2,1H3,(H,27,31). The Balaban J connectivity index is 1.49. The maximum Gasteiger partial charge on any atom is 0.416 e. The van der Waals surface area contributed by atoms with Gasteiger partial charge in [0.15, 0.2) is 0 Å². The molecule has 0 bridgehead atoms. The Bertz CT molecular complexity index is 1250. The van der Waals surface area contributed by atoms with Gasteiger partial charge in [0, 0.05) is 24.6 Å². The van der Waals surface area contributed by atoms with Gasteiger partial charge in [-0.15, -0.1) is 5.10 Å². The number of aromatic nitrogens is 3. The van der Waals surface area contributed by atoms with E-state index in [2.05, 4.69) is 20.5 Å². The van der Waals surface area contributed by atoms with E-state index in [-0.39, 0.29) is 23.2 Å². The molecule has 174 valence electrons. The molecule has 8 nitrogen and oxygen atoms in total. The highest BCUT2D eigenvalue weighted by molar-refractivity contribution is 8.00. The summed E-state index contributed by atoms with van der Waals surface area (Å²) in [6.07, 6.45) is -3.23. The molecule has 2 aromatic carbocycles. The topological polar surface area (TPSA) is 105 Å². The normalized spacial score (nSPS) is 16.1. The smallest absolute Gasteiger partial charge is 0.326 e. The summed E-state index contributed by atoms with van der Waals surface area (Å²) in [5.41, 5.74) is 0.798. The molecule has 0 saturated carbocycles. The zero-order valence-electron chi connectivity index (χ0n) is 17.5. The molecule has 1 saturated heterocycles. The van der Waals surface area contributed by atoms with Crippen molar-refractivity contribution in [2.75, 3.05) is 10.2 Å². The van der Waals surface area contributed by atoms with Crippen LogP contribution in [0.2, 0.25) is 0 Å². The highest BCUT2D eigenvalue weighted by atomic mass is 32.2. The highest BCUT2D eigenvalue weighted by Crippen LogP contribution is 2.34. The summed E-state index contributed by atoms with van der Waals surface area (Å²) in [6.45, 7) is 1.37. The van der Waals surface area contributed by atoms with Crippen LogP contribution in [0.1, 0.15) is 18.9 Å². The first-order valence-corrected chi connectivity index (χ1v) is 10.8. The van der Waals surface area contributed by atoms with Crippen molar-refractivity contribution in [3.05, 3.63) is 60.3 Å². The van der Waals surface area contributed by atoms with Gasteiger partial charge in [-0.25, -0.2) is 9.88 Å². The Hall–Kier alpha value is -3.80. The van der Waals surface area contributed by atoms with E-state index in [1.807, 2.05) is 0 Å².